The van der Waals surface area contributed by atoms with Crippen molar-refractivity contribution in [3.8, 4) is 0 Å². The van der Waals surface area contributed by atoms with Gasteiger partial charge in [0.2, 0.25) is 0 Å². The molecule has 16 heavy (non-hydrogen) atoms. The molecule has 0 saturated carbocycles. The van der Waals surface area contributed by atoms with Crippen LogP contribution in [0.25, 0.3) is 11.0 Å². The van der Waals surface area contributed by atoms with Crippen LogP contribution < -0.4 is 0 Å². The molecule has 2 rings (SSSR count). The van der Waals surface area contributed by atoms with Gasteiger partial charge >= 0.3 is 5.97 Å². The van der Waals surface area contributed by atoms with E-state index in [-0.39, 0.29) is 5.97 Å². The average molecular weight is 218 g/mol. The number of imidazole rings is 1. The summed E-state index contributed by atoms with van der Waals surface area (Å²) in [5, 5.41) is 0. The largest absolute Gasteiger partial charge is 0.462 e. The molecule has 0 aliphatic rings. The van der Waals surface area contributed by atoms with Gasteiger partial charge < -0.3 is 9.72 Å². The molecule has 1 aromatic carbocycles. The van der Waals surface area contributed by atoms with Gasteiger partial charge in [0.25, 0.3) is 0 Å². The minimum Gasteiger partial charge on any atom is -0.462 e. The molecule has 1 aromatic heterocycles. The first-order valence-electron chi connectivity index (χ1n) is 5.42. The minimum atomic E-state index is -0.300. The Morgan fingerprint density at radius 3 is 3.19 bits per heavy atom. The fourth-order valence-electron chi connectivity index (χ4n) is 1.52. The van der Waals surface area contributed by atoms with Gasteiger partial charge in [0.1, 0.15) is 5.52 Å². The molecule has 1 N–H and O–H groups in total. The number of fused-ring (bicyclic) bond motifs is 1. The first kappa shape index (κ1) is 10.7. The maximum atomic E-state index is 11.8. The standard InChI is InChI=1S/C12H14N2O2/c1-2-3-7-16-12(15)9-5-4-6-10-11(9)14-8-13-10/h4-6,8H,2-3,7H2,1H3,(H,13,14). The Labute approximate surface area is 93.6 Å². The summed E-state index contributed by atoms with van der Waals surface area (Å²) in [4.78, 5) is 18.8. The van der Waals surface area contributed by atoms with Crippen molar-refractivity contribution in [1.29, 1.82) is 0 Å². The Morgan fingerprint density at radius 2 is 2.38 bits per heavy atom. The van der Waals surface area contributed by atoms with Crippen LogP contribution in [-0.2, 0) is 4.74 Å². The lowest BCUT2D eigenvalue weighted by Crippen LogP contribution is -2.06. The normalized spacial score (nSPS) is 10.6. The first-order valence-corrected chi connectivity index (χ1v) is 5.42. The number of benzene rings is 1. The molecule has 0 spiro atoms. The third kappa shape index (κ3) is 2.05. The van der Waals surface area contributed by atoms with E-state index >= 15 is 0 Å². The summed E-state index contributed by atoms with van der Waals surface area (Å²) in [6.07, 6.45) is 3.48. The predicted molar refractivity (Wildman–Crippen MR) is 61.3 cm³/mol. The van der Waals surface area contributed by atoms with Gasteiger partial charge in [-0.15, -0.1) is 0 Å². The number of hydrogen-bond acceptors (Lipinski definition) is 3. The number of carbonyl (C=O) groups excluding carboxylic acids is 1. The molecule has 84 valence electrons. The number of aromatic amines is 1. The first-order chi connectivity index (χ1) is 7.83. The number of carbonyl (C=O) groups is 1. The van der Waals surface area contributed by atoms with E-state index in [9.17, 15) is 4.79 Å². The van der Waals surface area contributed by atoms with Crippen molar-refractivity contribution in [2.24, 2.45) is 0 Å². The molecule has 0 atom stereocenters. The summed E-state index contributed by atoms with van der Waals surface area (Å²) in [6, 6.07) is 5.43. The van der Waals surface area contributed by atoms with Crippen molar-refractivity contribution < 1.29 is 9.53 Å². The maximum Gasteiger partial charge on any atom is 0.340 e. The number of nitrogens with zero attached hydrogens (tertiary/aromatic N) is 1. The molecule has 0 bridgehead atoms. The average Bonchev–Trinajstić information content (AvgIpc) is 2.76. The van der Waals surface area contributed by atoms with E-state index in [0.29, 0.717) is 17.7 Å². The van der Waals surface area contributed by atoms with Gasteiger partial charge in [0.05, 0.1) is 24.0 Å². The molecule has 4 nitrogen and oxygen atoms in total. The molecule has 0 aliphatic heterocycles. The van der Waals surface area contributed by atoms with Gasteiger partial charge in [0.15, 0.2) is 0 Å². The van der Waals surface area contributed by atoms with E-state index in [4.69, 9.17) is 4.74 Å². The van der Waals surface area contributed by atoms with Crippen LogP contribution in [0.2, 0.25) is 0 Å². The van der Waals surface area contributed by atoms with E-state index in [1.54, 1.807) is 12.4 Å². The highest BCUT2D eigenvalue weighted by Crippen LogP contribution is 2.15. The summed E-state index contributed by atoms with van der Waals surface area (Å²) in [5.74, 6) is -0.300. The van der Waals surface area contributed by atoms with E-state index in [0.717, 1.165) is 18.4 Å². The zero-order valence-corrected chi connectivity index (χ0v) is 9.19. The van der Waals surface area contributed by atoms with Gasteiger partial charge in [-0.05, 0) is 18.6 Å². The molecule has 0 amide bonds. The van der Waals surface area contributed by atoms with Gasteiger partial charge in [-0.25, -0.2) is 9.78 Å². The molecule has 1 heterocycles. The maximum absolute atomic E-state index is 11.8. The fraction of sp³-hybridized carbons (Fsp3) is 0.333. The predicted octanol–water partition coefficient (Wildman–Crippen LogP) is 2.52. The van der Waals surface area contributed by atoms with Crippen molar-refractivity contribution in [2.45, 2.75) is 19.8 Å². The van der Waals surface area contributed by atoms with Crippen LogP contribution in [0.3, 0.4) is 0 Å². The Kier molecular flexibility index (Phi) is 3.19. The summed E-state index contributed by atoms with van der Waals surface area (Å²) in [5.41, 5.74) is 2.05. The van der Waals surface area contributed by atoms with Crippen LogP contribution in [0.4, 0.5) is 0 Å². The number of aromatic nitrogens is 2. The third-order valence-corrected chi connectivity index (χ3v) is 2.40. The monoisotopic (exact) mass is 218 g/mol. The second kappa shape index (κ2) is 4.79. The van der Waals surface area contributed by atoms with Gasteiger partial charge in [-0.1, -0.05) is 19.4 Å². The number of hydrogen-bond donors (Lipinski definition) is 1. The van der Waals surface area contributed by atoms with Crippen molar-refractivity contribution >= 4 is 17.0 Å². The Bertz CT molecular complexity index is 490. The molecule has 0 saturated heterocycles. The molecule has 2 aromatic rings. The smallest absolute Gasteiger partial charge is 0.340 e. The Hall–Kier alpha value is -1.84. The molecular weight excluding hydrogens is 204 g/mol. The number of esters is 1. The zero-order valence-electron chi connectivity index (χ0n) is 9.19. The summed E-state index contributed by atoms with van der Waals surface area (Å²) in [6.45, 7) is 2.53. The Balaban J connectivity index is 2.19. The quantitative estimate of drug-likeness (QED) is 0.633. The minimum absolute atomic E-state index is 0.300. The number of ether oxygens (including phenoxy) is 1. The second-order valence-corrected chi connectivity index (χ2v) is 3.59. The highest BCUT2D eigenvalue weighted by Gasteiger charge is 2.12. The lowest BCUT2D eigenvalue weighted by Gasteiger charge is -2.03. The molecular formula is C12H14N2O2. The van der Waals surface area contributed by atoms with Crippen molar-refractivity contribution in [3.05, 3.63) is 30.1 Å². The van der Waals surface area contributed by atoms with Crippen LogP contribution in [-0.4, -0.2) is 22.5 Å². The van der Waals surface area contributed by atoms with Crippen molar-refractivity contribution in [2.75, 3.05) is 6.61 Å². The number of unbranched alkanes of at least 4 members (excludes halogenated alkanes) is 1. The lowest BCUT2D eigenvalue weighted by molar-refractivity contribution is 0.0502. The van der Waals surface area contributed by atoms with Gasteiger partial charge in [0, 0.05) is 0 Å². The van der Waals surface area contributed by atoms with Crippen LogP contribution in [0, 0.1) is 0 Å². The summed E-state index contributed by atoms with van der Waals surface area (Å²) >= 11 is 0. The van der Waals surface area contributed by atoms with Crippen molar-refractivity contribution in [3.63, 3.8) is 0 Å². The number of rotatable bonds is 4. The number of para-hydroxylation sites is 1. The molecule has 4 heteroatoms. The van der Waals surface area contributed by atoms with E-state index in [2.05, 4.69) is 16.9 Å². The summed E-state index contributed by atoms with van der Waals surface area (Å²) < 4.78 is 5.15. The van der Waals surface area contributed by atoms with Crippen LogP contribution in [0.15, 0.2) is 24.5 Å². The van der Waals surface area contributed by atoms with Crippen molar-refractivity contribution in [1.82, 2.24) is 9.97 Å². The molecule has 0 aliphatic carbocycles. The molecule has 0 radical (unpaired) electrons. The van der Waals surface area contributed by atoms with E-state index < -0.39 is 0 Å². The van der Waals surface area contributed by atoms with E-state index in [1.165, 1.54) is 0 Å². The topological polar surface area (TPSA) is 55.0 Å². The number of H-pyrrole nitrogens is 1. The highest BCUT2D eigenvalue weighted by molar-refractivity contribution is 6.01. The van der Waals surface area contributed by atoms with Crippen LogP contribution in [0.1, 0.15) is 30.1 Å². The lowest BCUT2D eigenvalue weighted by atomic mass is 10.2. The molecule has 0 fully saturated rings. The molecule has 0 unspecified atom stereocenters. The fourth-order valence-corrected chi connectivity index (χ4v) is 1.52. The van der Waals surface area contributed by atoms with Crippen LogP contribution >= 0.6 is 0 Å². The van der Waals surface area contributed by atoms with Gasteiger partial charge in [-0.2, -0.15) is 0 Å². The third-order valence-electron chi connectivity index (χ3n) is 2.40. The highest BCUT2D eigenvalue weighted by atomic mass is 16.5. The second-order valence-electron chi connectivity index (χ2n) is 3.59. The SMILES string of the molecule is CCCCOC(=O)c1cccc2[nH]cnc12. The summed E-state index contributed by atoms with van der Waals surface area (Å²) in [7, 11) is 0. The number of nitrogens with one attached hydrogen (secondary N) is 1. The van der Waals surface area contributed by atoms with E-state index in [1.807, 2.05) is 12.1 Å². The Morgan fingerprint density at radius 1 is 1.50 bits per heavy atom. The van der Waals surface area contributed by atoms with Crippen LogP contribution in [0.5, 0.6) is 0 Å². The van der Waals surface area contributed by atoms with Gasteiger partial charge in [-0.3, -0.25) is 0 Å². The zero-order chi connectivity index (χ0) is 11.4.